The second-order valence-corrected chi connectivity index (χ2v) is 11.2. The zero-order valence-electron chi connectivity index (χ0n) is 20.0. The number of benzene rings is 1. The van der Waals surface area contributed by atoms with E-state index in [9.17, 15) is 9.59 Å². The molecule has 6 heteroatoms. The van der Waals surface area contributed by atoms with Crippen LogP contribution < -0.4 is 0 Å². The summed E-state index contributed by atoms with van der Waals surface area (Å²) in [6.07, 6.45) is 8.06. The first kappa shape index (κ1) is 23.5. The molecule has 3 aliphatic rings. The molecule has 2 saturated heterocycles. The van der Waals surface area contributed by atoms with E-state index in [1.165, 1.54) is 25.7 Å². The van der Waals surface area contributed by atoms with Crippen molar-refractivity contribution in [3.8, 4) is 0 Å². The van der Waals surface area contributed by atoms with Crippen LogP contribution in [0.5, 0.6) is 0 Å². The minimum absolute atomic E-state index is 0.0728. The van der Waals surface area contributed by atoms with E-state index in [0.29, 0.717) is 24.6 Å². The number of carbonyl (C=O) groups is 2. The molecule has 2 atom stereocenters. The molecule has 5 nitrogen and oxygen atoms in total. The van der Waals surface area contributed by atoms with Crippen molar-refractivity contribution >= 4 is 27.7 Å². The minimum atomic E-state index is 0.0728. The van der Waals surface area contributed by atoms with Gasteiger partial charge >= 0.3 is 0 Å². The molecule has 180 valence electrons. The maximum absolute atomic E-state index is 13.7. The molecule has 0 bridgehead atoms. The molecule has 0 unspecified atom stereocenters. The number of carbonyl (C=O) groups excluding carboxylic acids is 2. The smallest absolute Gasteiger partial charge is 0.255 e. The average Bonchev–Trinajstić information content (AvgIpc) is 2.87. The van der Waals surface area contributed by atoms with E-state index in [4.69, 9.17) is 4.98 Å². The molecule has 34 heavy (non-hydrogen) atoms. The van der Waals surface area contributed by atoms with Gasteiger partial charge in [-0.1, -0.05) is 41.3 Å². The standard InChI is InChI=1S/C28H34BrN3O2/c1-19-9-10-25(28(34)32-16-11-20-5-2-3-6-23(20)18-32)26(30-19)21-12-14-31(15-13-21)27(33)22-7-4-8-24(29)17-22/h4,7-10,17,20-21,23H,2-3,5-6,11-16,18H2,1H3/t20-,23+/m0/s1. The van der Waals surface area contributed by atoms with Crippen LogP contribution in [-0.4, -0.2) is 52.8 Å². The number of aromatic nitrogens is 1. The molecular formula is C28H34BrN3O2. The van der Waals surface area contributed by atoms with Gasteiger partial charge in [0.1, 0.15) is 0 Å². The zero-order chi connectivity index (χ0) is 23.7. The van der Waals surface area contributed by atoms with Crippen LogP contribution in [0, 0.1) is 18.8 Å². The van der Waals surface area contributed by atoms with Gasteiger partial charge in [0.25, 0.3) is 11.8 Å². The lowest BCUT2D eigenvalue weighted by Gasteiger charge is -2.41. The first-order chi connectivity index (χ1) is 16.5. The Morgan fingerprint density at radius 2 is 1.62 bits per heavy atom. The minimum Gasteiger partial charge on any atom is -0.339 e. The highest BCUT2D eigenvalue weighted by molar-refractivity contribution is 9.10. The van der Waals surface area contributed by atoms with Gasteiger partial charge in [-0.15, -0.1) is 0 Å². The highest BCUT2D eigenvalue weighted by Gasteiger charge is 2.35. The molecule has 1 aliphatic carbocycles. The Morgan fingerprint density at radius 1 is 0.882 bits per heavy atom. The number of pyridine rings is 1. The third kappa shape index (κ3) is 4.93. The summed E-state index contributed by atoms with van der Waals surface area (Å²) in [5, 5.41) is 0. The SMILES string of the molecule is Cc1ccc(C(=O)N2CC[C@@H]3CCCC[C@@H]3C2)c(C2CCN(C(=O)c3cccc(Br)c3)CC2)n1. The van der Waals surface area contributed by atoms with Crippen molar-refractivity contribution < 1.29 is 9.59 Å². The maximum Gasteiger partial charge on any atom is 0.255 e. The van der Waals surface area contributed by atoms with Gasteiger partial charge in [-0.05, 0) is 74.8 Å². The second kappa shape index (κ2) is 10.2. The highest BCUT2D eigenvalue weighted by Crippen LogP contribution is 2.37. The number of hydrogen-bond donors (Lipinski definition) is 0. The summed E-state index contributed by atoms with van der Waals surface area (Å²) in [5.74, 6) is 1.90. The Balaban J connectivity index is 1.29. The molecule has 3 fully saturated rings. The molecule has 0 spiro atoms. The number of hydrogen-bond acceptors (Lipinski definition) is 3. The molecule has 5 rings (SSSR count). The third-order valence-corrected chi connectivity index (χ3v) is 8.61. The molecule has 3 heterocycles. The number of piperidine rings is 2. The monoisotopic (exact) mass is 523 g/mol. The topological polar surface area (TPSA) is 53.5 Å². The van der Waals surface area contributed by atoms with Gasteiger partial charge < -0.3 is 9.80 Å². The molecule has 1 saturated carbocycles. The van der Waals surface area contributed by atoms with E-state index >= 15 is 0 Å². The van der Waals surface area contributed by atoms with Crippen molar-refractivity contribution in [3.63, 3.8) is 0 Å². The Hall–Kier alpha value is -2.21. The van der Waals surface area contributed by atoms with Crippen molar-refractivity contribution in [2.24, 2.45) is 11.8 Å². The molecular weight excluding hydrogens is 490 g/mol. The number of nitrogens with zero attached hydrogens (tertiary/aromatic N) is 3. The van der Waals surface area contributed by atoms with E-state index < -0.39 is 0 Å². The van der Waals surface area contributed by atoms with Crippen molar-refractivity contribution in [1.29, 1.82) is 0 Å². The Bertz CT molecular complexity index is 1060. The van der Waals surface area contributed by atoms with Crippen LogP contribution in [0.2, 0.25) is 0 Å². The van der Waals surface area contributed by atoms with E-state index in [-0.39, 0.29) is 17.7 Å². The lowest BCUT2D eigenvalue weighted by atomic mass is 9.75. The predicted molar refractivity (Wildman–Crippen MR) is 137 cm³/mol. The fourth-order valence-electron chi connectivity index (χ4n) is 6.18. The highest BCUT2D eigenvalue weighted by atomic mass is 79.9. The number of aryl methyl sites for hydroxylation is 1. The van der Waals surface area contributed by atoms with Crippen molar-refractivity contribution in [3.05, 3.63) is 63.4 Å². The third-order valence-electron chi connectivity index (χ3n) is 8.11. The van der Waals surface area contributed by atoms with Crippen LogP contribution in [0.4, 0.5) is 0 Å². The number of likely N-dealkylation sites (tertiary alicyclic amines) is 2. The van der Waals surface area contributed by atoms with Gasteiger partial charge in [-0.25, -0.2) is 0 Å². The molecule has 0 radical (unpaired) electrons. The average molecular weight is 525 g/mol. The summed E-state index contributed by atoms with van der Waals surface area (Å²) in [5.41, 5.74) is 3.37. The fourth-order valence-corrected chi connectivity index (χ4v) is 6.58. The fraction of sp³-hybridized carbons (Fsp3) is 0.536. The van der Waals surface area contributed by atoms with E-state index in [2.05, 4.69) is 20.8 Å². The number of halogens is 1. The predicted octanol–water partition coefficient (Wildman–Crippen LogP) is 5.82. The summed E-state index contributed by atoms with van der Waals surface area (Å²) in [4.78, 5) is 35.5. The van der Waals surface area contributed by atoms with Gasteiger partial charge in [-0.2, -0.15) is 0 Å². The first-order valence-electron chi connectivity index (χ1n) is 12.8. The molecule has 2 amide bonds. The lowest BCUT2D eigenvalue weighted by molar-refractivity contribution is 0.0517. The van der Waals surface area contributed by atoms with Gasteiger partial charge in [-0.3, -0.25) is 14.6 Å². The van der Waals surface area contributed by atoms with Gasteiger partial charge in [0.05, 0.1) is 11.3 Å². The summed E-state index contributed by atoms with van der Waals surface area (Å²) in [7, 11) is 0. The summed E-state index contributed by atoms with van der Waals surface area (Å²) in [6, 6.07) is 11.5. The Kier molecular flexibility index (Phi) is 7.05. The lowest BCUT2D eigenvalue weighted by Crippen LogP contribution is -2.45. The summed E-state index contributed by atoms with van der Waals surface area (Å²) < 4.78 is 0.914. The quantitative estimate of drug-likeness (QED) is 0.508. The molecule has 2 aliphatic heterocycles. The first-order valence-corrected chi connectivity index (χ1v) is 13.6. The van der Waals surface area contributed by atoms with Crippen molar-refractivity contribution in [2.45, 2.75) is 57.8 Å². The van der Waals surface area contributed by atoms with Crippen LogP contribution in [0.25, 0.3) is 0 Å². The second-order valence-electron chi connectivity index (χ2n) is 10.3. The van der Waals surface area contributed by atoms with Crippen LogP contribution >= 0.6 is 15.9 Å². The van der Waals surface area contributed by atoms with Crippen LogP contribution in [-0.2, 0) is 0 Å². The van der Waals surface area contributed by atoms with Crippen LogP contribution in [0.3, 0.4) is 0 Å². The van der Waals surface area contributed by atoms with Crippen LogP contribution in [0.15, 0.2) is 40.9 Å². The summed E-state index contributed by atoms with van der Waals surface area (Å²) >= 11 is 3.46. The van der Waals surface area contributed by atoms with Crippen molar-refractivity contribution in [1.82, 2.24) is 14.8 Å². The van der Waals surface area contributed by atoms with E-state index in [0.717, 1.165) is 59.7 Å². The number of rotatable bonds is 3. The maximum atomic E-state index is 13.7. The summed E-state index contributed by atoms with van der Waals surface area (Å²) in [6.45, 7) is 5.14. The Morgan fingerprint density at radius 3 is 2.38 bits per heavy atom. The molecule has 2 aromatic rings. The molecule has 0 N–H and O–H groups in total. The van der Waals surface area contributed by atoms with Crippen molar-refractivity contribution in [2.75, 3.05) is 26.2 Å². The van der Waals surface area contributed by atoms with E-state index in [1.807, 2.05) is 48.2 Å². The van der Waals surface area contributed by atoms with Gasteiger partial charge in [0.2, 0.25) is 0 Å². The molecule has 1 aromatic heterocycles. The zero-order valence-corrected chi connectivity index (χ0v) is 21.6. The largest absolute Gasteiger partial charge is 0.339 e. The van der Waals surface area contributed by atoms with Crippen LogP contribution in [0.1, 0.15) is 83.0 Å². The van der Waals surface area contributed by atoms with E-state index in [1.54, 1.807) is 0 Å². The number of fused-ring (bicyclic) bond motifs is 1. The normalized spacial score (nSPS) is 23.5. The van der Waals surface area contributed by atoms with Gasteiger partial charge in [0.15, 0.2) is 0 Å². The number of amides is 2. The Labute approximate surface area is 211 Å². The molecule has 1 aromatic carbocycles. The van der Waals surface area contributed by atoms with Gasteiger partial charge in [0, 0.05) is 47.8 Å².